The van der Waals surface area contributed by atoms with Crippen molar-refractivity contribution in [3.05, 3.63) is 63.9 Å². The van der Waals surface area contributed by atoms with Crippen LogP contribution >= 0.6 is 11.3 Å². The molecule has 144 valence electrons. The predicted octanol–water partition coefficient (Wildman–Crippen LogP) is 3.94. The Morgan fingerprint density at radius 3 is 2.93 bits per heavy atom. The van der Waals surface area contributed by atoms with Crippen LogP contribution in [0.15, 0.2) is 36.7 Å². The summed E-state index contributed by atoms with van der Waals surface area (Å²) in [4.78, 5) is 20.9. The van der Waals surface area contributed by atoms with E-state index in [0.29, 0.717) is 13.1 Å². The Morgan fingerprint density at radius 1 is 1.25 bits per heavy atom. The van der Waals surface area contributed by atoms with E-state index in [0.717, 1.165) is 23.5 Å². The third-order valence-corrected chi connectivity index (χ3v) is 6.74. The molecule has 0 saturated carbocycles. The van der Waals surface area contributed by atoms with E-state index in [2.05, 4.69) is 33.6 Å². The summed E-state index contributed by atoms with van der Waals surface area (Å²) in [5, 5.41) is 8.11. The van der Waals surface area contributed by atoms with Gasteiger partial charge in [0, 0.05) is 37.1 Å². The van der Waals surface area contributed by atoms with Crippen LogP contribution in [0, 0.1) is 0 Å². The van der Waals surface area contributed by atoms with E-state index in [1.807, 2.05) is 35.1 Å². The summed E-state index contributed by atoms with van der Waals surface area (Å²) in [6, 6.07) is 8.31. The number of nitrogens with one attached hydrogen (secondary N) is 1. The van der Waals surface area contributed by atoms with Crippen molar-refractivity contribution in [1.29, 1.82) is 0 Å². The summed E-state index contributed by atoms with van der Waals surface area (Å²) in [5.41, 5.74) is 4.78. The fourth-order valence-corrected chi connectivity index (χ4v) is 5.28. The van der Waals surface area contributed by atoms with Gasteiger partial charge in [-0.1, -0.05) is 24.3 Å². The van der Waals surface area contributed by atoms with Crippen molar-refractivity contribution in [3.63, 3.8) is 0 Å². The van der Waals surface area contributed by atoms with Gasteiger partial charge in [-0.2, -0.15) is 5.10 Å². The van der Waals surface area contributed by atoms with E-state index in [4.69, 9.17) is 0 Å². The monoisotopic (exact) mass is 393 g/mol. The molecule has 0 unspecified atom stereocenters. The molecule has 1 aliphatic heterocycles. The molecule has 6 nitrogen and oxygen atoms in total. The summed E-state index contributed by atoms with van der Waals surface area (Å²) < 4.78 is 1.82. The first-order valence-electron chi connectivity index (χ1n) is 9.78. The molecular formula is C21H23N5OS. The van der Waals surface area contributed by atoms with Crippen LogP contribution in [0.2, 0.25) is 0 Å². The zero-order chi connectivity index (χ0) is 19.1. The number of fused-ring (bicyclic) bond motifs is 2. The first kappa shape index (κ1) is 17.4. The Morgan fingerprint density at radius 2 is 2.11 bits per heavy atom. The maximum absolute atomic E-state index is 13.0. The topological polar surface area (TPSA) is 63.1 Å². The Balaban J connectivity index is 1.39. The quantitative estimate of drug-likeness (QED) is 0.717. The van der Waals surface area contributed by atoms with E-state index in [1.54, 1.807) is 11.3 Å². The molecular weight excluding hydrogens is 370 g/mol. The first-order chi connectivity index (χ1) is 13.7. The van der Waals surface area contributed by atoms with Gasteiger partial charge in [0.1, 0.15) is 0 Å². The van der Waals surface area contributed by atoms with Gasteiger partial charge in [0.05, 0.1) is 11.9 Å². The van der Waals surface area contributed by atoms with Crippen LogP contribution in [0.5, 0.6) is 0 Å². The number of hydrogen-bond donors (Lipinski definition) is 1. The molecule has 3 aromatic rings. The Kier molecular flexibility index (Phi) is 4.39. The van der Waals surface area contributed by atoms with Crippen LogP contribution in [0.1, 0.15) is 46.0 Å². The second kappa shape index (κ2) is 7.05. The van der Waals surface area contributed by atoms with Crippen LogP contribution < -0.4 is 5.32 Å². The number of nitrogens with zero attached hydrogens (tertiary/aromatic N) is 4. The molecule has 0 spiro atoms. The average Bonchev–Trinajstić information content (AvgIpc) is 3.32. The van der Waals surface area contributed by atoms with E-state index >= 15 is 0 Å². The van der Waals surface area contributed by atoms with Crippen LogP contribution in [-0.2, 0) is 26.4 Å². The van der Waals surface area contributed by atoms with Gasteiger partial charge in [-0.3, -0.25) is 10.00 Å². The van der Waals surface area contributed by atoms with E-state index in [1.165, 1.54) is 34.5 Å². The number of amides is 2. The summed E-state index contributed by atoms with van der Waals surface area (Å²) >= 11 is 1.63. The van der Waals surface area contributed by atoms with E-state index in [-0.39, 0.29) is 11.9 Å². The molecule has 2 aromatic heterocycles. The highest BCUT2D eigenvalue weighted by Crippen LogP contribution is 2.34. The molecule has 0 radical (unpaired) electrons. The van der Waals surface area contributed by atoms with Gasteiger partial charge in [0.15, 0.2) is 5.13 Å². The highest BCUT2D eigenvalue weighted by atomic mass is 32.1. The van der Waals surface area contributed by atoms with Crippen LogP contribution in [0.3, 0.4) is 0 Å². The largest absolute Gasteiger partial charge is 0.323 e. The maximum atomic E-state index is 13.0. The molecule has 1 atom stereocenters. The van der Waals surface area contributed by atoms with Crippen LogP contribution in [0.4, 0.5) is 9.93 Å². The highest BCUT2D eigenvalue weighted by molar-refractivity contribution is 7.15. The molecule has 1 aliphatic carbocycles. The number of carbonyl (C=O) groups excluding carboxylic acids is 1. The van der Waals surface area contributed by atoms with Gasteiger partial charge in [-0.05, 0) is 42.4 Å². The molecule has 7 heteroatoms. The number of urea groups is 1. The number of thiazole rings is 1. The van der Waals surface area contributed by atoms with Crippen LogP contribution in [-0.4, -0.2) is 32.2 Å². The lowest BCUT2D eigenvalue weighted by Crippen LogP contribution is -2.41. The summed E-state index contributed by atoms with van der Waals surface area (Å²) in [6.45, 7) is 1.25. The lowest BCUT2D eigenvalue weighted by Gasteiger charge is -2.34. The highest BCUT2D eigenvalue weighted by Gasteiger charge is 2.30. The minimum absolute atomic E-state index is 0.0745. The SMILES string of the molecule is Cn1cc([C@@H]2CN(C(=O)Nc3nc4c(s3)CCCC4)Cc3ccccc32)cn1. The van der Waals surface area contributed by atoms with E-state index < -0.39 is 0 Å². The second-order valence-electron chi connectivity index (χ2n) is 7.61. The molecule has 0 bridgehead atoms. The zero-order valence-electron chi connectivity index (χ0n) is 15.9. The predicted molar refractivity (Wildman–Crippen MR) is 110 cm³/mol. The molecule has 1 aromatic carbocycles. The minimum atomic E-state index is -0.0745. The van der Waals surface area contributed by atoms with Crippen LogP contribution in [0.25, 0.3) is 0 Å². The maximum Gasteiger partial charge on any atom is 0.323 e. The van der Waals surface area contributed by atoms with Gasteiger partial charge < -0.3 is 4.90 Å². The molecule has 1 N–H and O–H groups in total. The van der Waals surface area contributed by atoms with Crippen molar-refractivity contribution in [2.24, 2.45) is 7.05 Å². The zero-order valence-corrected chi connectivity index (χ0v) is 16.7. The van der Waals surface area contributed by atoms with Crippen molar-refractivity contribution in [2.45, 2.75) is 38.1 Å². The van der Waals surface area contributed by atoms with Gasteiger partial charge in [0.2, 0.25) is 0 Å². The first-order valence-corrected chi connectivity index (χ1v) is 10.6. The Bertz CT molecular complexity index is 1000. The lowest BCUT2D eigenvalue weighted by atomic mass is 9.86. The minimum Gasteiger partial charge on any atom is -0.319 e. The number of aromatic nitrogens is 3. The standard InChI is InChI=1S/C21H23N5OS/c1-25-11-15(10-22-25)17-13-26(12-14-6-2-3-7-16(14)17)21(27)24-20-23-18-8-4-5-9-19(18)28-20/h2-3,6-7,10-11,17H,4-5,8-9,12-13H2,1H3,(H,23,24,27)/t17-/m0/s1. The fraction of sp³-hybridized carbons (Fsp3) is 0.381. The van der Waals surface area contributed by atoms with Gasteiger partial charge in [-0.25, -0.2) is 9.78 Å². The number of aryl methyl sites for hydroxylation is 3. The van der Waals surface area contributed by atoms with Crippen molar-refractivity contribution in [3.8, 4) is 0 Å². The molecule has 28 heavy (non-hydrogen) atoms. The fourth-order valence-electron chi connectivity index (χ4n) is 4.24. The number of hydrogen-bond acceptors (Lipinski definition) is 4. The number of anilines is 1. The molecule has 5 rings (SSSR count). The summed E-state index contributed by atoms with van der Waals surface area (Å²) in [5.74, 6) is 0.133. The number of rotatable bonds is 2. The average molecular weight is 394 g/mol. The molecule has 0 fully saturated rings. The number of benzene rings is 1. The third-order valence-electron chi connectivity index (χ3n) is 5.67. The molecule has 2 amide bonds. The van der Waals surface area contributed by atoms with Gasteiger partial charge >= 0.3 is 6.03 Å². The molecule has 3 heterocycles. The normalized spacial score (nSPS) is 18.5. The van der Waals surface area contributed by atoms with Crippen molar-refractivity contribution >= 4 is 22.5 Å². The van der Waals surface area contributed by atoms with Crippen molar-refractivity contribution in [2.75, 3.05) is 11.9 Å². The van der Waals surface area contributed by atoms with Crippen molar-refractivity contribution in [1.82, 2.24) is 19.7 Å². The molecule has 0 saturated heterocycles. The van der Waals surface area contributed by atoms with Crippen molar-refractivity contribution < 1.29 is 4.79 Å². The summed E-state index contributed by atoms with van der Waals surface area (Å²) in [7, 11) is 1.92. The second-order valence-corrected chi connectivity index (χ2v) is 8.69. The Hall–Kier alpha value is -2.67. The van der Waals surface area contributed by atoms with Gasteiger partial charge in [0.25, 0.3) is 0 Å². The van der Waals surface area contributed by atoms with Gasteiger partial charge in [-0.15, -0.1) is 11.3 Å². The summed E-state index contributed by atoms with van der Waals surface area (Å²) in [6.07, 6.45) is 8.47. The third kappa shape index (κ3) is 3.20. The number of carbonyl (C=O) groups is 1. The smallest absolute Gasteiger partial charge is 0.319 e. The van der Waals surface area contributed by atoms with E-state index in [9.17, 15) is 4.79 Å². The Labute approximate surface area is 168 Å². The molecule has 2 aliphatic rings. The lowest BCUT2D eigenvalue weighted by molar-refractivity contribution is 0.203.